The zero-order valence-corrected chi connectivity index (χ0v) is 14.2. The average Bonchev–Trinajstić information content (AvgIpc) is 3.03. The molecule has 7 nitrogen and oxygen atoms in total. The monoisotopic (exact) mass is 353 g/mol. The number of aromatic nitrogens is 3. The first-order valence-corrected chi connectivity index (χ1v) is 9.18. The smallest absolute Gasteiger partial charge is 0.308 e. The van der Waals surface area contributed by atoms with Crippen LogP contribution in [0.4, 0.5) is 3.89 Å². The second kappa shape index (κ2) is 6.96. The molecular weight excluding hydrogens is 333 g/mol. The highest BCUT2D eigenvalue weighted by Gasteiger charge is 2.16. The number of hydrogen-bond donors (Lipinski definition) is 1. The lowest BCUT2D eigenvalue weighted by Crippen LogP contribution is -2.40. The number of hydrogen-bond acceptors (Lipinski definition) is 6. The van der Waals surface area contributed by atoms with Gasteiger partial charge in [-0.1, -0.05) is 5.21 Å². The first kappa shape index (κ1) is 17.0. The van der Waals surface area contributed by atoms with Gasteiger partial charge in [-0.15, -0.1) is 8.98 Å². The van der Waals surface area contributed by atoms with Crippen LogP contribution in [0.3, 0.4) is 0 Å². The van der Waals surface area contributed by atoms with Crippen LogP contribution in [0.15, 0.2) is 35.4 Å². The minimum absolute atomic E-state index is 0.365. The maximum absolute atomic E-state index is 12.9. The molecule has 0 spiro atoms. The van der Waals surface area contributed by atoms with Crippen LogP contribution in [0.25, 0.3) is 5.69 Å². The maximum Gasteiger partial charge on any atom is 0.332 e. The molecule has 1 fully saturated rings. The summed E-state index contributed by atoms with van der Waals surface area (Å²) in [6, 6.07) is 5.90. The van der Waals surface area contributed by atoms with Crippen molar-refractivity contribution in [3.05, 3.63) is 36.2 Å². The fourth-order valence-corrected chi connectivity index (χ4v) is 3.19. The number of likely N-dealkylation sites (tertiary alicyclic amines) is 1. The number of halogens is 1. The molecule has 24 heavy (non-hydrogen) atoms. The minimum atomic E-state index is -4.68. The molecule has 1 aliphatic rings. The molecule has 0 aliphatic carbocycles. The normalized spacial score (nSPS) is 17.2. The molecule has 1 aromatic carbocycles. The number of nitrogens with zero attached hydrogens (tertiary/aromatic N) is 4. The largest absolute Gasteiger partial charge is 0.332 e. The van der Waals surface area contributed by atoms with Crippen LogP contribution in [0.5, 0.6) is 0 Å². The Hall–Kier alpha value is -1.84. The molecule has 2 heterocycles. The first-order chi connectivity index (χ1) is 11.4. The van der Waals surface area contributed by atoms with Gasteiger partial charge in [-0.25, -0.2) is 4.68 Å². The molecule has 0 amide bonds. The van der Waals surface area contributed by atoms with Crippen molar-refractivity contribution >= 4 is 10.2 Å². The van der Waals surface area contributed by atoms with Crippen molar-refractivity contribution in [3.8, 4) is 5.69 Å². The molecule has 3 rings (SSSR count). The summed E-state index contributed by atoms with van der Waals surface area (Å²) in [5.41, 5.74) is 1.43. The molecule has 1 aromatic heterocycles. The first-order valence-electron chi connectivity index (χ1n) is 7.80. The predicted molar refractivity (Wildman–Crippen MR) is 87.0 cm³/mol. The van der Waals surface area contributed by atoms with Gasteiger partial charge in [0.15, 0.2) is 0 Å². The third kappa shape index (κ3) is 4.16. The Morgan fingerprint density at radius 2 is 1.92 bits per heavy atom. The van der Waals surface area contributed by atoms with Crippen LogP contribution in [-0.4, -0.2) is 54.5 Å². The summed E-state index contributed by atoms with van der Waals surface area (Å²) in [7, 11) is -2.55. The second-order valence-corrected chi connectivity index (χ2v) is 7.39. The quantitative estimate of drug-likeness (QED) is 0.811. The lowest BCUT2D eigenvalue weighted by Gasteiger charge is -2.29. The van der Waals surface area contributed by atoms with Crippen LogP contribution >= 0.6 is 0 Å². The third-order valence-corrected chi connectivity index (χ3v) is 5.05. The third-order valence-electron chi connectivity index (χ3n) is 4.21. The fourth-order valence-electron chi connectivity index (χ4n) is 2.73. The molecule has 9 heteroatoms. The van der Waals surface area contributed by atoms with Crippen LogP contribution in [0, 0.1) is 0 Å². The predicted octanol–water partition coefficient (Wildman–Crippen LogP) is 1.11. The van der Waals surface area contributed by atoms with E-state index in [2.05, 4.69) is 27.6 Å². The van der Waals surface area contributed by atoms with Gasteiger partial charge in [0, 0.05) is 12.6 Å². The van der Waals surface area contributed by atoms with Crippen LogP contribution in [0.1, 0.15) is 18.5 Å². The SMILES string of the molecule is CN1CCC(NCc2cn(-c3ccc(S(=O)(=O)F)cc3)nn2)CC1. The van der Waals surface area contributed by atoms with Gasteiger partial charge in [0.2, 0.25) is 0 Å². The summed E-state index contributed by atoms with van der Waals surface area (Å²) in [5, 5.41) is 11.6. The molecule has 0 atom stereocenters. The average molecular weight is 353 g/mol. The van der Waals surface area contributed by atoms with Crippen LogP contribution < -0.4 is 5.32 Å². The molecule has 1 aliphatic heterocycles. The summed E-state index contributed by atoms with van der Waals surface area (Å²) in [6.45, 7) is 2.81. The number of nitrogens with one attached hydrogen (secondary N) is 1. The van der Waals surface area contributed by atoms with E-state index in [1.54, 1.807) is 10.9 Å². The summed E-state index contributed by atoms with van der Waals surface area (Å²) < 4.78 is 36.1. The number of benzene rings is 1. The Balaban J connectivity index is 1.61. The van der Waals surface area contributed by atoms with E-state index in [4.69, 9.17) is 0 Å². The summed E-state index contributed by atoms with van der Waals surface area (Å²) in [5.74, 6) is 0. The van der Waals surface area contributed by atoms with Gasteiger partial charge in [0.05, 0.1) is 22.5 Å². The van der Waals surface area contributed by atoms with E-state index in [1.165, 1.54) is 24.3 Å². The van der Waals surface area contributed by atoms with Crippen molar-refractivity contribution in [1.29, 1.82) is 0 Å². The van der Waals surface area contributed by atoms with Crippen molar-refractivity contribution in [2.75, 3.05) is 20.1 Å². The zero-order valence-electron chi connectivity index (χ0n) is 13.4. The number of rotatable bonds is 5. The van der Waals surface area contributed by atoms with E-state index in [-0.39, 0.29) is 4.90 Å². The van der Waals surface area contributed by atoms with Crippen molar-refractivity contribution < 1.29 is 12.3 Å². The van der Waals surface area contributed by atoms with Gasteiger partial charge in [-0.05, 0) is 57.2 Å². The van der Waals surface area contributed by atoms with Gasteiger partial charge >= 0.3 is 10.2 Å². The molecule has 1 saturated heterocycles. The topological polar surface area (TPSA) is 80.1 Å². The number of piperidine rings is 1. The Morgan fingerprint density at radius 3 is 2.54 bits per heavy atom. The summed E-state index contributed by atoms with van der Waals surface area (Å²) in [6.07, 6.45) is 4.01. The molecule has 2 aromatic rings. The van der Waals surface area contributed by atoms with Gasteiger partial charge in [0.25, 0.3) is 0 Å². The Morgan fingerprint density at radius 1 is 1.25 bits per heavy atom. The summed E-state index contributed by atoms with van der Waals surface area (Å²) in [4.78, 5) is 1.95. The van der Waals surface area contributed by atoms with Crippen molar-refractivity contribution in [2.24, 2.45) is 0 Å². The molecule has 0 radical (unpaired) electrons. The molecule has 0 bridgehead atoms. The Labute approximate surface area is 140 Å². The van der Waals surface area contributed by atoms with E-state index >= 15 is 0 Å². The highest BCUT2D eigenvalue weighted by atomic mass is 32.3. The van der Waals surface area contributed by atoms with Gasteiger partial charge < -0.3 is 10.2 Å². The Bertz CT molecular complexity index is 782. The van der Waals surface area contributed by atoms with Crippen LogP contribution in [-0.2, 0) is 16.8 Å². The fraction of sp³-hybridized carbons (Fsp3) is 0.467. The van der Waals surface area contributed by atoms with Crippen molar-refractivity contribution in [1.82, 2.24) is 25.2 Å². The zero-order chi connectivity index (χ0) is 17.2. The van der Waals surface area contributed by atoms with E-state index in [1.807, 2.05) is 0 Å². The molecule has 1 N–H and O–H groups in total. The van der Waals surface area contributed by atoms with E-state index in [9.17, 15) is 12.3 Å². The van der Waals surface area contributed by atoms with Crippen LogP contribution in [0.2, 0.25) is 0 Å². The lowest BCUT2D eigenvalue weighted by molar-refractivity contribution is 0.233. The van der Waals surface area contributed by atoms with E-state index in [0.29, 0.717) is 18.3 Å². The Kier molecular flexibility index (Phi) is 4.93. The molecule has 0 unspecified atom stereocenters. The summed E-state index contributed by atoms with van der Waals surface area (Å²) >= 11 is 0. The van der Waals surface area contributed by atoms with Crippen molar-refractivity contribution in [2.45, 2.75) is 30.3 Å². The molecule has 0 saturated carbocycles. The minimum Gasteiger partial charge on any atom is -0.308 e. The second-order valence-electron chi connectivity index (χ2n) is 6.04. The van der Waals surface area contributed by atoms with E-state index in [0.717, 1.165) is 31.6 Å². The molecule has 130 valence electrons. The maximum atomic E-state index is 12.9. The highest BCUT2D eigenvalue weighted by Crippen LogP contribution is 2.15. The van der Waals surface area contributed by atoms with Gasteiger partial charge in [-0.2, -0.15) is 8.42 Å². The molecular formula is C15H20FN5O2S. The lowest BCUT2D eigenvalue weighted by atomic mass is 10.1. The standard InChI is InChI=1S/C15H20FN5O2S/c1-20-8-6-12(7-9-20)17-10-13-11-21(19-18-13)14-2-4-15(5-3-14)24(16,22)23/h2-5,11-12,17H,6-10H2,1H3. The van der Waals surface area contributed by atoms with E-state index < -0.39 is 10.2 Å². The highest BCUT2D eigenvalue weighted by molar-refractivity contribution is 7.86. The van der Waals surface area contributed by atoms with Gasteiger partial charge in [0.1, 0.15) is 0 Å². The van der Waals surface area contributed by atoms with Gasteiger partial charge in [-0.3, -0.25) is 0 Å². The van der Waals surface area contributed by atoms with Crippen molar-refractivity contribution in [3.63, 3.8) is 0 Å².